The minimum absolute atomic E-state index is 0.132. The lowest BCUT2D eigenvalue weighted by atomic mass is 9.92. The molecule has 2 atom stereocenters. The molecule has 0 radical (unpaired) electrons. The van der Waals surface area contributed by atoms with E-state index in [4.69, 9.17) is 39.1 Å². The number of benzene rings is 2. The van der Waals surface area contributed by atoms with Crippen LogP contribution < -0.4 is 29.6 Å². The van der Waals surface area contributed by atoms with E-state index < -0.39 is 24.1 Å². The number of nitrogens with one attached hydrogen (secondary N) is 2. The summed E-state index contributed by atoms with van der Waals surface area (Å²) in [5.74, 6) is 0.597. The van der Waals surface area contributed by atoms with Gasteiger partial charge in [-0.3, -0.25) is 9.59 Å². The van der Waals surface area contributed by atoms with Crippen LogP contribution in [0, 0.1) is 13.8 Å². The van der Waals surface area contributed by atoms with Crippen LogP contribution >= 0.6 is 0 Å². The third-order valence-corrected chi connectivity index (χ3v) is 10.9. The molecule has 2 aliphatic rings. The van der Waals surface area contributed by atoms with Gasteiger partial charge in [0.2, 0.25) is 23.5 Å². The van der Waals surface area contributed by atoms with Crippen molar-refractivity contribution >= 4 is 11.9 Å². The van der Waals surface area contributed by atoms with Crippen molar-refractivity contribution < 1.29 is 49.0 Å². The van der Waals surface area contributed by atoms with Gasteiger partial charge in [-0.05, 0) is 110 Å². The van der Waals surface area contributed by atoms with Crippen LogP contribution in [0.2, 0.25) is 0 Å². The summed E-state index contributed by atoms with van der Waals surface area (Å²) in [7, 11) is 3.14. The molecule has 2 aromatic heterocycles. The number of hydrogen-bond donors (Lipinski definition) is 6. The second-order valence-corrected chi connectivity index (χ2v) is 15.5. The van der Waals surface area contributed by atoms with Gasteiger partial charge in [-0.15, -0.1) is 0 Å². The first-order valence-electron chi connectivity index (χ1n) is 20.2. The zero-order chi connectivity index (χ0) is 42.1. The number of carboxylic acid groups (broad SMARTS) is 2. The average Bonchev–Trinajstić information content (AvgIpc) is 4.14. The van der Waals surface area contributed by atoms with Gasteiger partial charge in [0.15, 0.2) is 0 Å². The van der Waals surface area contributed by atoms with Gasteiger partial charge in [0.25, 0.3) is 0 Å². The molecule has 2 aromatic carbocycles. The molecular formula is C45H56N4O10. The molecule has 0 amide bonds. The van der Waals surface area contributed by atoms with Gasteiger partial charge in [0.1, 0.15) is 13.2 Å². The fourth-order valence-electron chi connectivity index (χ4n) is 7.29. The van der Waals surface area contributed by atoms with Crippen LogP contribution in [-0.4, -0.2) is 81.8 Å². The molecule has 14 nitrogen and oxygen atoms in total. The second kappa shape index (κ2) is 20.1. The predicted molar refractivity (Wildman–Crippen MR) is 220 cm³/mol. The van der Waals surface area contributed by atoms with Gasteiger partial charge in [0.05, 0.1) is 39.3 Å². The minimum Gasteiger partial charge on any atom is -0.481 e. The summed E-state index contributed by atoms with van der Waals surface area (Å²) >= 11 is 0. The average molecular weight is 813 g/mol. The first kappa shape index (κ1) is 43.3. The highest BCUT2D eigenvalue weighted by Crippen LogP contribution is 2.46. The van der Waals surface area contributed by atoms with Crippen molar-refractivity contribution in [3.8, 4) is 34.6 Å². The topological polar surface area (TPSA) is 202 Å². The minimum atomic E-state index is -1.05. The highest BCUT2D eigenvalue weighted by molar-refractivity contribution is 5.72. The van der Waals surface area contributed by atoms with Crippen molar-refractivity contribution in [2.75, 3.05) is 27.3 Å². The molecule has 0 aliphatic heterocycles. The molecule has 2 aliphatic carbocycles. The quantitative estimate of drug-likeness (QED) is 0.0455. The Labute approximate surface area is 344 Å². The maximum Gasteiger partial charge on any atom is 0.306 e. The van der Waals surface area contributed by atoms with E-state index in [-0.39, 0.29) is 19.4 Å². The van der Waals surface area contributed by atoms with Crippen molar-refractivity contribution in [2.45, 2.75) is 109 Å². The first-order valence-corrected chi connectivity index (χ1v) is 20.2. The lowest BCUT2D eigenvalue weighted by Crippen LogP contribution is -2.28. The van der Waals surface area contributed by atoms with Gasteiger partial charge in [-0.2, -0.15) is 9.97 Å². The number of methoxy groups -OCH3 is 2. The van der Waals surface area contributed by atoms with Crippen LogP contribution in [0.3, 0.4) is 0 Å². The van der Waals surface area contributed by atoms with Gasteiger partial charge in [0, 0.05) is 41.9 Å². The van der Waals surface area contributed by atoms with E-state index in [9.17, 15) is 19.8 Å². The van der Waals surface area contributed by atoms with Crippen molar-refractivity contribution in [1.29, 1.82) is 0 Å². The fourth-order valence-corrected chi connectivity index (χ4v) is 7.29. The second-order valence-electron chi connectivity index (χ2n) is 15.5. The Bertz CT molecular complexity index is 2100. The standard InChI is InChI=1S/C45H56N4O10/c1-26-30(24-58-44-38(28-11-12-28)17-32(42(48-44)56-3)21-46-16-15-34(50)19-40(52)53)7-5-9-36(26)37-10-6-8-31(27(37)2)25-59-45-39(29-13-14-29)18-33(43(49-45)57-4)22-47-23-35(51)20-41(54)55/h5-10,17-18,28-29,34-35,46-47,50-51H,11-16,19-25H2,1-4H3,(H,52,53)(H,54,55)/t34-,35+/m0/s1. The summed E-state index contributed by atoms with van der Waals surface area (Å²) in [6, 6.07) is 16.6. The van der Waals surface area contributed by atoms with Gasteiger partial charge in [-0.1, -0.05) is 36.4 Å². The van der Waals surface area contributed by atoms with Crippen LogP contribution in [0.25, 0.3) is 11.1 Å². The maximum absolute atomic E-state index is 10.9. The molecule has 2 heterocycles. The van der Waals surface area contributed by atoms with E-state index in [2.05, 4.69) is 54.8 Å². The highest BCUT2D eigenvalue weighted by atomic mass is 16.5. The number of ether oxygens (including phenoxy) is 4. The molecule has 6 N–H and O–H groups in total. The fraction of sp³-hybridized carbons (Fsp3) is 0.467. The lowest BCUT2D eigenvalue weighted by molar-refractivity contribution is -0.140. The Hall–Kier alpha value is -5.28. The smallest absolute Gasteiger partial charge is 0.306 e. The van der Waals surface area contributed by atoms with E-state index in [1.54, 1.807) is 14.2 Å². The Kier molecular flexibility index (Phi) is 14.8. The molecule has 2 fully saturated rings. The Morgan fingerprint density at radius 1 is 0.678 bits per heavy atom. The van der Waals surface area contributed by atoms with Crippen LogP contribution in [0.15, 0.2) is 48.5 Å². The summed E-state index contributed by atoms with van der Waals surface area (Å²) in [6.45, 7) is 6.25. The number of aliphatic hydroxyl groups is 2. The summed E-state index contributed by atoms with van der Waals surface area (Å²) in [5.41, 5.74) is 10.2. The SMILES string of the molecule is COc1nc(OCc2cccc(-c3cccc(COc4nc(OC)c(CNC[C@H](O)CC(=O)O)cc4C4CC4)c3C)c2C)c(C2CC2)cc1CNCC[C@H](O)CC(=O)O. The number of carbonyl (C=O) groups is 2. The molecule has 0 saturated heterocycles. The number of pyridine rings is 2. The Morgan fingerprint density at radius 3 is 1.58 bits per heavy atom. The molecule has 59 heavy (non-hydrogen) atoms. The molecule has 0 spiro atoms. The number of aliphatic hydroxyl groups excluding tert-OH is 2. The van der Waals surface area contributed by atoms with E-state index in [0.717, 1.165) is 81.3 Å². The highest BCUT2D eigenvalue weighted by Gasteiger charge is 2.31. The summed E-state index contributed by atoms with van der Waals surface area (Å²) in [5, 5.41) is 44.1. The third kappa shape index (κ3) is 11.7. The maximum atomic E-state index is 10.9. The van der Waals surface area contributed by atoms with E-state index in [1.165, 1.54) is 0 Å². The molecule has 0 unspecified atom stereocenters. The third-order valence-electron chi connectivity index (χ3n) is 10.9. The Balaban J connectivity index is 1.13. The van der Waals surface area contributed by atoms with E-state index in [1.807, 2.05) is 18.2 Å². The molecule has 0 bridgehead atoms. The summed E-state index contributed by atoms with van der Waals surface area (Å²) < 4.78 is 24.2. The summed E-state index contributed by atoms with van der Waals surface area (Å²) in [6.07, 6.45) is 2.02. The predicted octanol–water partition coefficient (Wildman–Crippen LogP) is 5.93. The largest absolute Gasteiger partial charge is 0.481 e. The normalized spacial score (nSPS) is 14.7. The zero-order valence-electron chi connectivity index (χ0n) is 34.3. The molecule has 2 saturated carbocycles. The number of rotatable bonds is 24. The lowest BCUT2D eigenvalue weighted by Gasteiger charge is -2.19. The van der Waals surface area contributed by atoms with Gasteiger partial charge >= 0.3 is 11.9 Å². The first-order chi connectivity index (χ1) is 28.4. The number of nitrogens with zero attached hydrogens (tertiary/aromatic N) is 2. The van der Waals surface area contributed by atoms with Crippen LogP contribution in [0.1, 0.15) is 101 Å². The summed E-state index contributed by atoms with van der Waals surface area (Å²) in [4.78, 5) is 31.4. The van der Waals surface area contributed by atoms with Crippen LogP contribution in [0.5, 0.6) is 23.5 Å². The van der Waals surface area contributed by atoms with Crippen molar-refractivity contribution in [2.24, 2.45) is 0 Å². The zero-order valence-corrected chi connectivity index (χ0v) is 34.3. The van der Waals surface area contributed by atoms with Crippen LogP contribution in [0.4, 0.5) is 0 Å². The van der Waals surface area contributed by atoms with Crippen molar-refractivity contribution in [1.82, 2.24) is 20.6 Å². The number of aliphatic carboxylic acids is 2. The van der Waals surface area contributed by atoms with E-state index in [0.29, 0.717) is 74.6 Å². The number of aromatic nitrogens is 2. The molecule has 4 aromatic rings. The van der Waals surface area contributed by atoms with Gasteiger partial charge in [-0.25, -0.2) is 0 Å². The van der Waals surface area contributed by atoms with Crippen molar-refractivity contribution in [3.05, 3.63) is 93.0 Å². The van der Waals surface area contributed by atoms with Crippen LogP contribution in [-0.2, 0) is 35.9 Å². The molecule has 316 valence electrons. The van der Waals surface area contributed by atoms with Gasteiger partial charge < -0.3 is 50.0 Å². The number of carboxylic acids is 2. The number of hydrogen-bond acceptors (Lipinski definition) is 12. The van der Waals surface area contributed by atoms with E-state index >= 15 is 0 Å². The molecule has 14 heteroatoms. The Morgan fingerprint density at radius 2 is 1.14 bits per heavy atom. The molecular weight excluding hydrogens is 757 g/mol. The van der Waals surface area contributed by atoms with Crippen molar-refractivity contribution in [3.63, 3.8) is 0 Å². The molecule has 6 rings (SSSR count). The monoisotopic (exact) mass is 812 g/mol.